The molecule has 0 bridgehead atoms. The number of rotatable bonds is 4. The molecule has 0 saturated carbocycles. The maximum Gasteiger partial charge on any atom is 0.297 e. The summed E-state index contributed by atoms with van der Waals surface area (Å²) in [5, 5.41) is 8.40. The molecule has 0 fully saturated rings. The van der Waals surface area contributed by atoms with Gasteiger partial charge in [-0.25, -0.2) is 0 Å². The van der Waals surface area contributed by atoms with E-state index in [4.69, 9.17) is 0 Å². The molecular formula is C23H23N5O2. The number of hydrogen-bond acceptors (Lipinski definition) is 4. The molecule has 4 aromatic rings. The normalized spacial score (nSPS) is 13.7. The predicted octanol–water partition coefficient (Wildman–Crippen LogP) is 2.98. The second-order valence-electron chi connectivity index (χ2n) is 7.68. The third-order valence-electron chi connectivity index (χ3n) is 5.76. The molecule has 7 heteroatoms. The lowest BCUT2D eigenvalue weighted by Gasteiger charge is -2.29. The quantitative estimate of drug-likeness (QED) is 0.527. The van der Waals surface area contributed by atoms with Crippen molar-refractivity contribution in [2.45, 2.75) is 39.2 Å². The van der Waals surface area contributed by atoms with Crippen molar-refractivity contribution in [2.75, 3.05) is 11.4 Å². The van der Waals surface area contributed by atoms with Crippen LogP contribution in [0.15, 0.2) is 53.3 Å². The fourth-order valence-corrected chi connectivity index (χ4v) is 4.38. The Labute approximate surface area is 173 Å². The molecule has 1 aliphatic rings. The average Bonchev–Trinajstić information content (AvgIpc) is 3.20. The molecule has 0 aliphatic carbocycles. The van der Waals surface area contributed by atoms with Gasteiger partial charge in [-0.05, 0) is 43.0 Å². The van der Waals surface area contributed by atoms with E-state index in [0.29, 0.717) is 12.1 Å². The fourth-order valence-electron chi connectivity index (χ4n) is 4.38. The monoisotopic (exact) mass is 401 g/mol. The molecule has 2 aromatic heterocycles. The Morgan fingerprint density at radius 2 is 1.80 bits per heavy atom. The van der Waals surface area contributed by atoms with Gasteiger partial charge in [-0.15, -0.1) is 10.2 Å². The van der Waals surface area contributed by atoms with Gasteiger partial charge in [0.05, 0.1) is 11.0 Å². The van der Waals surface area contributed by atoms with Crippen LogP contribution in [0, 0.1) is 0 Å². The number of amides is 1. The van der Waals surface area contributed by atoms with Crippen molar-refractivity contribution in [1.82, 2.24) is 19.2 Å². The molecule has 30 heavy (non-hydrogen) atoms. The van der Waals surface area contributed by atoms with Crippen LogP contribution in [0.2, 0.25) is 0 Å². The lowest BCUT2D eigenvalue weighted by atomic mass is 10.0. The van der Waals surface area contributed by atoms with Crippen molar-refractivity contribution in [1.29, 1.82) is 0 Å². The highest BCUT2D eigenvalue weighted by molar-refractivity contribution is 5.95. The number of carbonyl (C=O) groups excluding carboxylic acids is 1. The number of benzene rings is 2. The van der Waals surface area contributed by atoms with E-state index < -0.39 is 0 Å². The zero-order valence-corrected chi connectivity index (χ0v) is 16.9. The van der Waals surface area contributed by atoms with Gasteiger partial charge in [-0.3, -0.25) is 18.6 Å². The van der Waals surface area contributed by atoms with Crippen LogP contribution < -0.4 is 10.5 Å². The van der Waals surface area contributed by atoms with Crippen LogP contribution in [0.3, 0.4) is 0 Å². The van der Waals surface area contributed by atoms with E-state index >= 15 is 0 Å². The Balaban J connectivity index is 1.62. The molecule has 0 radical (unpaired) electrons. The van der Waals surface area contributed by atoms with Crippen LogP contribution in [0.5, 0.6) is 0 Å². The summed E-state index contributed by atoms with van der Waals surface area (Å²) in [5.74, 6) is 0.677. The van der Waals surface area contributed by atoms with Crippen molar-refractivity contribution in [2.24, 2.45) is 0 Å². The molecule has 1 aliphatic heterocycles. The van der Waals surface area contributed by atoms with Crippen molar-refractivity contribution in [3.05, 3.63) is 70.3 Å². The average molecular weight is 401 g/mol. The summed E-state index contributed by atoms with van der Waals surface area (Å²) < 4.78 is 3.37. The van der Waals surface area contributed by atoms with Crippen LogP contribution in [-0.4, -0.2) is 31.6 Å². The van der Waals surface area contributed by atoms with E-state index in [1.54, 1.807) is 4.90 Å². The van der Waals surface area contributed by atoms with Crippen LogP contribution in [0.4, 0.5) is 5.69 Å². The molecule has 3 heterocycles. The summed E-state index contributed by atoms with van der Waals surface area (Å²) in [4.78, 5) is 28.4. The Hall–Kier alpha value is -3.48. The van der Waals surface area contributed by atoms with Gasteiger partial charge in [0.2, 0.25) is 11.6 Å². The maximum atomic E-state index is 13.3. The van der Waals surface area contributed by atoms with Gasteiger partial charge in [0, 0.05) is 18.7 Å². The first-order valence-electron chi connectivity index (χ1n) is 10.4. The highest BCUT2D eigenvalue weighted by Crippen LogP contribution is 2.27. The SMILES string of the molecule is CCCc1nnc2c(=O)n(CC(=O)N3CCCc4ccccc43)c3ccccc3n12. The Morgan fingerprint density at radius 3 is 2.63 bits per heavy atom. The molecule has 0 saturated heterocycles. The molecule has 7 nitrogen and oxygen atoms in total. The van der Waals surface area contributed by atoms with E-state index in [9.17, 15) is 9.59 Å². The van der Waals surface area contributed by atoms with Crippen LogP contribution in [0.1, 0.15) is 31.2 Å². The first-order chi connectivity index (χ1) is 14.7. The van der Waals surface area contributed by atoms with Crippen molar-refractivity contribution in [3.8, 4) is 0 Å². The summed E-state index contributed by atoms with van der Waals surface area (Å²) in [5.41, 5.74) is 3.65. The second kappa shape index (κ2) is 7.40. The molecule has 152 valence electrons. The number of para-hydroxylation sites is 3. The zero-order chi connectivity index (χ0) is 20.7. The third kappa shape index (κ3) is 2.89. The summed E-state index contributed by atoms with van der Waals surface area (Å²) in [7, 11) is 0. The Morgan fingerprint density at radius 1 is 1.03 bits per heavy atom. The molecule has 2 aromatic carbocycles. The molecule has 0 N–H and O–H groups in total. The van der Waals surface area contributed by atoms with E-state index in [1.165, 1.54) is 10.1 Å². The minimum Gasteiger partial charge on any atom is -0.311 e. The molecule has 5 rings (SSSR count). The van der Waals surface area contributed by atoms with E-state index in [-0.39, 0.29) is 23.7 Å². The number of aromatic nitrogens is 4. The van der Waals surface area contributed by atoms with E-state index in [1.807, 2.05) is 46.9 Å². The van der Waals surface area contributed by atoms with Crippen LogP contribution in [0.25, 0.3) is 16.7 Å². The third-order valence-corrected chi connectivity index (χ3v) is 5.76. The minimum absolute atomic E-state index is 0.0276. The van der Waals surface area contributed by atoms with Gasteiger partial charge >= 0.3 is 0 Å². The lowest BCUT2D eigenvalue weighted by Crippen LogP contribution is -2.40. The number of fused-ring (bicyclic) bond motifs is 4. The summed E-state index contributed by atoms with van der Waals surface area (Å²) in [6.07, 6.45) is 3.53. The first kappa shape index (κ1) is 18.5. The molecule has 0 atom stereocenters. The minimum atomic E-state index is -0.290. The lowest BCUT2D eigenvalue weighted by molar-refractivity contribution is -0.119. The Bertz CT molecular complexity index is 1320. The van der Waals surface area contributed by atoms with Gasteiger partial charge in [-0.1, -0.05) is 37.3 Å². The summed E-state index contributed by atoms with van der Waals surface area (Å²) in [6.45, 7) is 2.70. The van der Waals surface area contributed by atoms with Crippen LogP contribution in [-0.2, 0) is 24.2 Å². The van der Waals surface area contributed by atoms with Gasteiger partial charge in [0.15, 0.2) is 0 Å². The van der Waals surface area contributed by atoms with E-state index in [0.717, 1.165) is 42.7 Å². The van der Waals surface area contributed by atoms with Crippen molar-refractivity contribution in [3.63, 3.8) is 0 Å². The number of carbonyl (C=O) groups is 1. The maximum absolute atomic E-state index is 13.3. The largest absolute Gasteiger partial charge is 0.311 e. The van der Waals surface area contributed by atoms with Crippen LogP contribution >= 0.6 is 0 Å². The zero-order valence-electron chi connectivity index (χ0n) is 16.9. The summed E-state index contributed by atoms with van der Waals surface area (Å²) in [6, 6.07) is 15.6. The van der Waals surface area contributed by atoms with E-state index in [2.05, 4.69) is 23.2 Å². The number of aryl methyl sites for hydroxylation is 2. The smallest absolute Gasteiger partial charge is 0.297 e. The molecule has 0 unspecified atom stereocenters. The standard InChI is InChI=1S/C23H23N5O2/c1-2-8-20-24-25-22-23(30)27(18-12-5-6-13-19(18)28(20)22)15-21(29)26-14-7-10-16-9-3-4-11-17(16)26/h3-6,9,11-13H,2,7-8,10,14-15H2,1H3. The Kier molecular flexibility index (Phi) is 4.58. The van der Waals surface area contributed by atoms with Gasteiger partial charge in [-0.2, -0.15) is 0 Å². The van der Waals surface area contributed by atoms with Gasteiger partial charge in [0.25, 0.3) is 5.56 Å². The highest BCUT2D eigenvalue weighted by Gasteiger charge is 2.24. The van der Waals surface area contributed by atoms with Gasteiger partial charge in [0.1, 0.15) is 12.4 Å². The first-order valence-corrected chi connectivity index (χ1v) is 10.4. The molecular weight excluding hydrogens is 378 g/mol. The topological polar surface area (TPSA) is 72.5 Å². The number of nitrogens with zero attached hydrogens (tertiary/aromatic N) is 5. The molecule has 0 spiro atoms. The van der Waals surface area contributed by atoms with Crippen molar-refractivity contribution >= 4 is 28.3 Å². The fraction of sp³-hybridized carbons (Fsp3) is 0.304. The predicted molar refractivity (Wildman–Crippen MR) is 116 cm³/mol. The molecule has 1 amide bonds. The van der Waals surface area contributed by atoms with Gasteiger partial charge < -0.3 is 4.90 Å². The second-order valence-corrected chi connectivity index (χ2v) is 7.68. The number of hydrogen-bond donors (Lipinski definition) is 0. The summed E-state index contributed by atoms with van der Waals surface area (Å²) >= 11 is 0. The van der Waals surface area contributed by atoms with Crippen molar-refractivity contribution < 1.29 is 4.79 Å². The highest BCUT2D eigenvalue weighted by atomic mass is 16.2. The number of anilines is 1.